The standard InChI is InChI=1S/C12H5Cl3O2/c13-8-7(6-4-2-1-3-5-6)11(16)9(14)10(15)12(8)17/h1-5H. The smallest absolute Gasteiger partial charge is 0.218 e. The van der Waals surface area contributed by atoms with Gasteiger partial charge in [0.1, 0.15) is 15.1 Å². The summed E-state index contributed by atoms with van der Waals surface area (Å²) in [7, 11) is 0. The van der Waals surface area contributed by atoms with E-state index in [2.05, 4.69) is 0 Å². The van der Waals surface area contributed by atoms with E-state index in [4.69, 9.17) is 34.8 Å². The maximum Gasteiger partial charge on any atom is 0.218 e. The van der Waals surface area contributed by atoms with Crippen LogP contribution in [0.5, 0.6) is 0 Å². The molecule has 1 aliphatic carbocycles. The third kappa shape index (κ3) is 2.04. The van der Waals surface area contributed by atoms with Gasteiger partial charge in [0.25, 0.3) is 0 Å². The molecule has 0 fully saturated rings. The maximum absolute atomic E-state index is 11.9. The second-order valence-electron chi connectivity index (χ2n) is 3.34. The Morgan fingerprint density at radius 1 is 0.706 bits per heavy atom. The van der Waals surface area contributed by atoms with Crippen molar-refractivity contribution < 1.29 is 9.59 Å². The van der Waals surface area contributed by atoms with Crippen molar-refractivity contribution in [2.75, 3.05) is 0 Å². The SMILES string of the molecule is O=C1C(Cl)=C(Cl)C(=O)C(c2ccccc2)=C1Cl. The highest BCUT2D eigenvalue weighted by atomic mass is 35.5. The minimum absolute atomic E-state index is 0.0895. The molecule has 0 radical (unpaired) electrons. The average molecular weight is 288 g/mol. The second kappa shape index (κ2) is 4.65. The van der Waals surface area contributed by atoms with Crippen molar-refractivity contribution in [1.82, 2.24) is 0 Å². The van der Waals surface area contributed by atoms with Crippen LogP contribution in [0.25, 0.3) is 5.57 Å². The van der Waals surface area contributed by atoms with Gasteiger partial charge >= 0.3 is 0 Å². The minimum Gasteiger partial charge on any atom is -0.287 e. The van der Waals surface area contributed by atoms with Crippen LogP contribution in [0.1, 0.15) is 5.56 Å². The Morgan fingerprint density at radius 3 is 1.82 bits per heavy atom. The van der Waals surface area contributed by atoms with E-state index < -0.39 is 11.6 Å². The lowest BCUT2D eigenvalue weighted by Gasteiger charge is -2.14. The second-order valence-corrected chi connectivity index (χ2v) is 4.48. The number of carbonyl (C=O) groups is 2. The summed E-state index contributed by atoms with van der Waals surface area (Å²) in [6.07, 6.45) is 0. The molecular formula is C12H5Cl3O2. The van der Waals surface area contributed by atoms with Crippen molar-refractivity contribution in [3.8, 4) is 0 Å². The fourth-order valence-electron chi connectivity index (χ4n) is 1.48. The third-order valence-corrected chi connectivity index (χ3v) is 3.48. The number of carbonyl (C=O) groups excluding carboxylic acids is 2. The molecule has 0 saturated heterocycles. The van der Waals surface area contributed by atoms with Gasteiger partial charge in [0.05, 0.1) is 5.57 Å². The van der Waals surface area contributed by atoms with Crippen LogP contribution in [0, 0.1) is 0 Å². The van der Waals surface area contributed by atoms with Crippen molar-refractivity contribution >= 4 is 51.9 Å². The Balaban J connectivity index is 2.63. The minimum atomic E-state index is -0.628. The summed E-state index contributed by atoms with van der Waals surface area (Å²) >= 11 is 17.2. The van der Waals surface area contributed by atoms with E-state index in [-0.39, 0.29) is 20.7 Å². The van der Waals surface area contributed by atoms with E-state index in [9.17, 15) is 9.59 Å². The Kier molecular flexibility index (Phi) is 3.38. The van der Waals surface area contributed by atoms with E-state index in [1.807, 2.05) is 0 Å². The summed E-state index contributed by atoms with van der Waals surface area (Å²) in [5.41, 5.74) is 0.629. The Bertz CT molecular complexity index is 571. The molecular weight excluding hydrogens is 282 g/mol. The summed E-state index contributed by atoms with van der Waals surface area (Å²) in [6.45, 7) is 0. The van der Waals surface area contributed by atoms with Crippen molar-refractivity contribution in [1.29, 1.82) is 0 Å². The number of hydrogen-bond acceptors (Lipinski definition) is 2. The lowest BCUT2D eigenvalue weighted by molar-refractivity contribution is -0.114. The number of ketones is 2. The fourth-order valence-corrected chi connectivity index (χ4v) is 2.18. The number of hydrogen-bond donors (Lipinski definition) is 0. The van der Waals surface area contributed by atoms with E-state index in [1.165, 1.54) is 0 Å². The zero-order valence-corrected chi connectivity index (χ0v) is 10.6. The molecule has 0 atom stereocenters. The first-order valence-corrected chi connectivity index (χ1v) is 5.77. The largest absolute Gasteiger partial charge is 0.287 e. The fraction of sp³-hybridized carbons (Fsp3) is 0. The summed E-state index contributed by atoms with van der Waals surface area (Å²) in [5.74, 6) is -1.16. The molecule has 1 aliphatic rings. The summed E-state index contributed by atoms with van der Waals surface area (Å²) in [5, 5.41) is -0.822. The third-order valence-electron chi connectivity index (χ3n) is 2.30. The predicted octanol–water partition coefficient (Wildman–Crippen LogP) is 3.48. The zero-order valence-electron chi connectivity index (χ0n) is 8.34. The molecule has 2 rings (SSSR count). The van der Waals surface area contributed by atoms with Gasteiger partial charge in [-0.1, -0.05) is 65.1 Å². The maximum atomic E-state index is 11.9. The van der Waals surface area contributed by atoms with Gasteiger partial charge in [-0.05, 0) is 5.56 Å². The number of Topliss-reactive ketones (excluding diaryl/α,β-unsaturated/α-hetero) is 2. The number of rotatable bonds is 1. The van der Waals surface area contributed by atoms with Crippen LogP contribution in [0.3, 0.4) is 0 Å². The van der Waals surface area contributed by atoms with Crippen molar-refractivity contribution in [3.63, 3.8) is 0 Å². The predicted molar refractivity (Wildman–Crippen MR) is 68.0 cm³/mol. The molecule has 1 aromatic rings. The Labute approximate surface area is 112 Å². The van der Waals surface area contributed by atoms with Gasteiger partial charge < -0.3 is 0 Å². The lowest BCUT2D eigenvalue weighted by atomic mass is 9.96. The first-order chi connectivity index (χ1) is 8.04. The van der Waals surface area contributed by atoms with Crippen LogP contribution in [0.2, 0.25) is 0 Å². The molecule has 2 nitrogen and oxygen atoms in total. The zero-order chi connectivity index (χ0) is 12.6. The van der Waals surface area contributed by atoms with Crippen molar-refractivity contribution in [2.24, 2.45) is 0 Å². The topological polar surface area (TPSA) is 34.1 Å². The van der Waals surface area contributed by atoms with E-state index in [1.54, 1.807) is 30.3 Å². The average Bonchev–Trinajstić information content (AvgIpc) is 2.36. The molecule has 0 bridgehead atoms. The van der Waals surface area contributed by atoms with Gasteiger partial charge in [-0.15, -0.1) is 0 Å². The van der Waals surface area contributed by atoms with Crippen LogP contribution in [-0.4, -0.2) is 11.6 Å². The van der Waals surface area contributed by atoms with Gasteiger partial charge in [-0.3, -0.25) is 9.59 Å². The van der Waals surface area contributed by atoms with E-state index in [0.29, 0.717) is 5.56 Å². The van der Waals surface area contributed by atoms with Gasteiger partial charge in [0.15, 0.2) is 0 Å². The molecule has 17 heavy (non-hydrogen) atoms. The highest BCUT2D eigenvalue weighted by Crippen LogP contribution is 2.36. The molecule has 0 saturated carbocycles. The molecule has 0 amide bonds. The Hall–Kier alpha value is -1.09. The molecule has 0 spiro atoms. The van der Waals surface area contributed by atoms with Gasteiger partial charge in [0.2, 0.25) is 11.6 Å². The summed E-state index contributed by atoms with van der Waals surface area (Å²) in [4.78, 5) is 23.6. The van der Waals surface area contributed by atoms with E-state index in [0.717, 1.165) is 0 Å². The number of halogens is 3. The molecule has 5 heteroatoms. The van der Waals surface area contributed by atoms with Crippen LogP contribution < -0.4 is 0 Å². The van der Waals surface area contributed by atoms with Gasteiger partial charge in [-0.2, -0.15) is 0 Å². The highest BCUT2D eigenvalue weighted by molar-refractivity contribution is 6.68. The molecule has 86 valence electrons. The first-order valence-electron chi connectivity index (χ1n) is 4.64. The van der Waals surface area contributed by atoms with Crippen LogP contribution >= 0.6 is 34.8 Å². The molecule has 0 N–H and O–H groups in total. The molecule has 0 aliphatic heterocycles. The molecule has 1 aromatic carbocycles. The first kappa shape index (κ1) is 12.4. The van der Waals surface area contributed by atoms with Gasteiger partial charge in [-0.25, -0.2) is 0 Å². The van der Waals surface area contributed by atoms with Crippen molar-refractivity contribution in [3.05, 3.63) is 51.0 Å². The van der Waals surface area contributed by atoms with Gasteiger partial charge in [0, 0.05) is 0 Å². The van der Waals surface area contributed by atoms with Crippen LogP contribution in [0.15, 0.2) is 45.4 Å². The number of benzene rings is 1. The monoisotopic (exact) mass is 286 g/mol. The molecule has 0 aromatic heterocycles. The highest BCUT2D eigenvalue weighted by Gasteiger charge is 2.32. The van der Waals surface area contributed by atoms with Crippen LogP contribution in [-0.2, 0) is 9.59 Å². The molecule has 0 unspecified atom stereocenters. The normalized spacial score (nSPS) is 16.9. The number of allylic oxidation sites excluding steroid dienone is 4. The lowest BCUT2D eigenvalue weighted by Crippen LogP contribution is -2.16. The molecule has 0 heterocycles. The van der Waals surface area contributed by atoms with Crippen molar-refractivity contribution in [2.45, 2.75) is 0 Å². The van der Waals surface area contributed by atoms with Crippen LogP contribution in [0.4, 0.5) is 0 Å². The Morgan fingerprint density at radius 2 is 1.24 bits per heavy atom. The quantitative estimate of drug-likeness (QED) is 0.741. The summed E-state index contributed by atoms with van der Waals surface area (Å²) < 4.78 is 0. The summed E-state index contributed by atoms with van der Waals surface area (Å²) in [6, 6.07) is 8.60. The van der Waals surface area contributed by atoms with E-state index >= 15 is 0 Å².